The van der Waals surface area contributed by atoms with E-state index in [1.165, 1.54) is 44.9 Å². The van der Waals surface area contributed by atoms with Gasteiger partial charge in [-0.15, -0.1) is 0 Å². The number of nitrogens with zero attached hydrogens (tertiary/aromatic N) is 1. The maximum absolute atomic E-state index is 11.3. The molecule has 124 valence electrons. The van der Waals surface area contributed by atoms with Crippen LogP contribution < -0.4 is 0 Å². The van der Waals surface area contributed by atoms with Crippen LogP contribution in [0.15, 0.2) is 0 Å². The summed E-state index contributed by atoms with van der Waals surface area (Å²) in [5, 5.41) is 9.35. The largest absolute Gasteiger partial charge is 0.481 e. The van der Waals surface area contributed by atoms with Crippen molar-refractivity contribution in [1.29, 1.82) is 0 Å². The zero-order valence-electron chi connectivity index (χ0n) is 14.0. The number of hydrogen-bond acceptors (Lipinski definition) is 2. The lowest BCUT2D eigenvalue weighted by Crippen LogP contribution is -2.49. The third-order valence-corrected chi connectivity index (χ3v) is 7.21. The molecule has 5 aliphatic rings. The first-order chi connectivity index (χ1) is 10.5. The molecule has 1 heterocycles. The quantitative estimate of drug-likeness (QED) is 0.862. The van der Waals surface area contributed by atoms with Crippen LogP contribution in [0, 0.1) is 35.0 Å². The van der Waals surface area contributed by atoms with Crippen molar-refractivity contribution in [3.05, 3.63) is 0 Å². The lowest BCUT2D eigenvalue weighted by Gasteiger charge is -2.57. The summed E-state index contributed by atoms with van der Waals surface area (Å²) >= 11 is 0. The van der Waals surface area contributed by atoms with Gasteiger partial charge in [-0.25, -0.2) is 0 Å². The molecule has 3 nitrogen and oxygen atoms in total. The number of likely N-dealkylation sites (tertiary alicyclic amines) is 1. The average molecular weight is 305 g/mol. The molecule has 2 unspecified atom stereocenters. The lowest BCUT2D eigenvalue weighted by molar-refractivity contribution is -0.144. The molecule has 4 bridgehead atoms. The normalized spacial score (nSPS) is 47.8. The number of piperidine rings is 1. The standard InChI is InChI=1S/C19H31NO2/c1-13-4-17(18(21)22)12-20(11-13)3-2-19-8-14-5-15(9-19)7-16(6-14)10-19/h13-17H,2-12H2,1H3,(H,21,22). The molecular formula is C19H31NO2. The fourth-order valence-corrected chi connectivity index (χ4v) is 6.81. The van der Waals surface area contributed by atoms with E-state index in [9.17, 15) is 9.90 Å². The topological polar surface area (TPSA) is 40.5 Å². The van der Waals surface area contributed by atoms with Gasteiger partial charge in [-0.1, -0.05) is 6.92 Å². The van der Waals surface area contributed by atoms with Gasteiger partial charge in [0.1, 0.15) is 0 Å². The summed E-state index contributed by atoms with van der Waals surface area (Å²) < 4.78 is 0. The summed E-state index contributed by atoms with van der Waals surface area (Å²) in [6.45, 7) is 5.25. The SMILES string of the molecule is CC1CC(C(=O)O)CN(CCC23CC4CC(CC(C4)C2)C3)C1. The summed E-state index contributed by atoms with van der Waals surface area (Å²) in [6.07, 6.45) is 11.2. The van der Waals surface area contributed by atoms with E-state index < -0.39 is 5.97 Å². The highest BCUT2D eigenvalue weighted by molar-refractivity contribution is 5.70. The smallest absolute Gasteiger partial charge is 0.307 e. The van der Waals surface area contributed by atoms with Crippen LogP contribution in [0.2, 0.25) is 0 Å². The van der Waals surface area contributed by atoms with E-state index in [0.717, 1.165) is 43.8 Å². The minimum atomic E-state index is -0.591. The van der Waals surface area contributed by atoms with Crippen molar-refractivity contribution in [3.8, 4) is 0 Å². The highest BCUT2D eigenvalue weighted by atomic mass is 16.4. The molecule has 0 aromatic rings. The third-order valence-electron chi connectivity index (χ3n) is 7.21. The summed E-state index contributed by atoms with van der Waals surface area (Å²) in [7, 11) is 0. The van der Waals surface area contributed by atoms with Gasteiger partial charge < -0.3 is 10.0 Å². The Balaban J connectivity index is 1.37. The molecule has 0 radical (unpaired) electrons. The van der Waals surface area contributed by atoms with E-state index in [1.54, 1.807) is 0 Å². The number of carbonyl (C=O) groups is 1. The van der Waals surface area contributed by atoms with Crippen LogP contribution in [0.1, 0.15) is 58.3 Å². The molecule has 5 fully saturated rings. The first kappa shape index (κ1) is 15.0. The molecule has 5 rings (SSSR count). The van der Waals surface area contributed by atoms with Crippen LogP contribution in [-0.2, 0) is 4.79 Å². The highest BCUT2D eigenvalue weighted by Gasteiger charge is 2.50. The molecule has 0 aromatic carbocycles. The number of hydrogen-bond donors (Lipinski definition) is 1. The summed E-state index contributed by atoms with van der Waals surface area (Å²) in [5.74, 6) is 2.88. The molecular weight excluding hydrogens is 274 g/mol. The maximum atomic E-state index is 11.3. The molecule has 4 saturated carbocycles. The van der Waals surface area contributed by atoms with Gasteiger partial charge in [-0.3, -0.25) is 4.79 Å². The first-order valence-electron chi connectivity index (χ1n) is 9.46. The van der Waals surface area contributed by atoms with Gasteiger partial charge in [0.15, 0.2) is 0 Å². The van der Waals surface area contributed by atoms with Gasteiger partial charge in [-0.05, 0) is 87.0 Å². The summed E-state index contributed by atoms with van der Waals surface area (Å²) in [4.78, 5) is 13.8. The van der Waals surface area contributed by atoms with E-state index in [4.69, 9.17) is 0 Å². The number of carboxylic acid groups (broad SMARTS) is 1. The van der Waals surface area contributed by atoms with E-state index in [2.05, 4.69) is 11.8 Å². The molecule has 1 N–H and O–H groups in total. The minimum Gasteiger partial charge on any atom is -0.481 e. The Morgan fingerprint density at radius 3 is 2.18 bits per heavy atom. The molecule has 1 saturated heterocycles. The number of carboxylic acids is 1. The maximum Gasteiger partial charge on any atom is 0.307 e. The number of rotatable bonds is 4. The van der Waals surface area contributed by atoms with Crippen molar-refractivity contribution in [3.63, 3.8) is 0 Å². The molecule has 0 spiro atoms. The Bertz CT molecular complexity index is 411. The van der Waals surface area contributed by atoms with Gasteiger partial charge in [-0.2, -0.15) is 0 Å². The Hall–Kier alpha value is -0.570. The number of aliphatic carboxylic acids is 1. The van der Waals surface area contributed by atoms with Crippen LogP contribution in [0.5, 0.6) is 0 Å². The summed E-state index contributed by atoms with van der Waals surface area (Å²) in [6, 6.07) is 0. The van der Waals surface area contributed by atoms with Crippen LogP contribution in [-0.4, -0.2) is 35.6 Å². The molecule has 4 aliphatic carbocycles. The van der Waals surface area contributed by atoms with Crippen molar-refractivity contribution < 1.29 is 9.90 Å². The van der Waals surface area contributed by atoms with Crippen molar-refractivity contribution in [2.75, 3.05) is 19.6 Å². The van der Waals surface area contributed by atoms with E-state index in [0.29, 0.717) is 11.3 Å². The molecule has 2 atom stereocenters. The first-order valence-corrected chi connectivity index (χ1v) is 9.46. The second-order valence-corrected chi connectivity index (χ2v) is 9.30. The molecule has 0 amide bonds. The van der Waals surface area contributed by atoms with E-state index >= 15 is 0 Å². The van der Waals surface area contributed by atoms with Gasteiger partial charge >= 0.3 is 5.97 Å². The highest BCUT2D eigenvalue weighted by Crippen LogP contribution is 2.61. The van der Waals surface area contributed by atoms with Crippen LogP contribution >= 0.6 is 0 Å². The van der Waals surface area contributed by atoms with Crippen LogP contribution in [0.3, 0.4) is 0 Å². The molecule has 3 heteroatoms. The lowest BCUT2D eigenvalue weighted by atomic mass is 9.49. The minimum absolute atomic E-state index is 0.139. The zero-order chi connectivity index (χ0) is 15.3. The van der Waals surface area contributed by atoms with Gasteiger partial charge in [0.05, 0.1) is 5.92 Å². The predicted octanol–water partition coefficient (Wildman–Crippen LogP) is 3.64. The summed E-state index contributed by atoms with van der Waals surface area (Å²) in [5.41, 5.74) is 0.633. The van der Waals surface area contributed by atoms with Crippen molar-refractivity contribution in [2.45, 2.75) is 58.3 Å². The average Bonchev–Trinajstić information content (AvgIpc) is 2.43. The zero-order valence-corrected chi connectivity index (χ0v) is 14.0. The Kier molecular flexibility index (Phi) is 3.75. The van der Waals surface area contributed by atoms with Crippen molar-refractivity contribution >= 4 is 5.97 Å². The van der Waals surface area contributed by atoms with Crippen molar-refractivity contribution in [2.24, 2.45) is 35.0 Å². The fourth-order valence-electron chi connectivity index (χ4n) is 6.81. The second-order valence-electron chi connectivity index (χ2n) is 9.30. The molecule has 22 heavy (non-hydrogen) atoms. The van der Waals surface area contributed by atoms with E-state index in [1.807, 2.05) is 0 Å². The molecule has 1 aliphatic heterocycles. The second kappa shape index (κ2) is 5.51. The predicted molar refractivity (Wildman–Crippen MR) is 86.6 cm³/mol. The van der Waals surface area contributed by atoms with E-state index in [-0.39, 0.29) is 5.92 Å². The van der Waals surface area contributed by atoms with Crippen LogP contribution in [0.25, 0.3) is 0 Å². The Morgan fingerprint density at radius 2 is 1.64 bits per heavy atom. The van der Waals surface area contributed by atoms with Crippen LogP contribution in [0.4, 0.5) is 0 Å². The van der Waals surface area contributed by atoms with Gasteiger partial charge in [0, 0.05) is 13.1 Å². The van der Waals surface area contributed by atoms with Gasteiger partial charge in [0.25, 0.3) is 0 Å². The Morgan fingerprint density at radius 1 is 1.05 bits per heavy atom. The molecule has 0 aromatic heterocycles. The Labute approximate surface area is 134 Å². The monoisotopic (exact) mass is 305 g/mol. The van der Waals surface area contributed by atoms with Gasteiger partial charge in [0.2, 0.25) is 0 Å². The third kappa shape index (κ3) is 2.81. The van der Waals surface area contributed by atoms with Crippen molar-refractivity contribution in [1.82, 2.24) is 4.90 Å². The fraction of sp³-hybridized carbons (Fsp3) is 0.947.